The van der Waals surface area contributed by atoms with E-state index in [1.165, 1.54) is 28.3 Å². The van der Waals surface area contributed by atoms with Gasteiger partial charge in [0.05, 0.1) is 10.9 Å². The van der Waals surface area contributed by atoms with Gasteiger partial charge in [-0.15, -0.1) is 16.4 Å². The zero-order valence-electron chi connectivity index (χ0n) is 14.9. The van der Waals surface area contributed by atoms with E-state index in [0.717, 1.165) is 15.6 Å². The lowest BCUT2D eigenvalue weighted by Gasteiger charge is -2.15. The summed E-state index contributed by atoms with van der Waals surface area (Å²) in [6, 6.07) is 8.17. The van der Waals surface area contributed by atoms with E-state index in [-0.39, 0.29) is 23.0 Å². The minimum Gasteiger partial charge on any atom is -0.355 e. The highest BCUT2D eigenvalue weighted by Gasteiger charge is 2.24. The number of hydrogen-bond acceptors (Lipinski definition) is 6. The van der Waals surface area contributed by atoms with Gasteiger partial charge in [-0.25, -0.2) is 17.9 Å². The Kier molecular flexibility index (Phi) is 6.18. The molecule has 12 heteroatoms. The van der Waals surface area contributed by atoms with Crippen molar-refractivity contribution < 1.29 is 13.2 Å². The van der Waals surface area contributed by atoms with Crippen molar-refractivity contribution >= 4 is 44.5 Å². The monoisotopic (exact) mass is 443 g/mol. The SMILES string of the molecule is CN(CC(=O)NCCCn1nc2ccccn2c1=O)S(=O)(=O)c1ccc(Cl)s1. The maximum Gasteiger partial charge on any atom is 0.350 e. The van der Waals surface area contributed by atoms with Crippen LogP contribution in [0.5, 0.6) is 0 Å². The van der Waals surface area contributed by atoms with Gasteiger partial charge in [-0.3, -0.25) is 9.20 Å². The predicted molar refractivity (Wildman–Crippen MR) is 106 cm³/mol. The fourth-order valence-electron chi connectivity index (χ4n) is 2.50. The number of pyridine rings is 1. The van der Waals surface area contributed by atoms with E-state index in [4.69, 9.17) is 11.6 Å². The molecule has 9 nitrogen and oxygen atoms in total. The Morgan fingerprint density at radius 2 is 2.11 bits per heavy atom. The molecule has 1 N–H and O–H groups in total. The number of halogens is 1. The van der Waals surface area contributed by atoms with E-state index < -0.39 is 15.9 Å². The third kappa shape index (κ3) is 4.43. The van der Waals surface area contributed by atoms with Crippen LogP contribution >= 0.6 is 22.9 Å². The summed E-state index contributed by atoms with van der Waals surface area (Å²) in [5.74, 6) is -0.434. The molecule has 1 amide bonds. The highest BCUT2D eigenvalue weighted by Crippen LogP contribution is 2.27. The van der Waals surface area contributed by atoms with Crippen LogP contribution in [0, 0.1) is 0 Å². The largest absolute Gasteiger partial charge is 0.355 e. The van der Waals surface area contributed by atoms with Gasteiger partial charge in [0.25, 0.3) is 10.0 Å². The van der Waals surface area contributed by atoms with Crippen molar-refractivity contribution in [1.29, 1.82) is 0 Å². The second kappa shape index (κ2) is 8.43. The van der Waals surface area contributed by atoms with Crippen LogP contribution in [0.25, 0.3) is 5.65 Å². The highest BCUT2D eigenvalue weighted by molar-refractivity contribution is 7.91. The molecule has 0 aliphatic rings. The van der Waals surface area contributed by atoms with E-state index in [1.807, 2.05) is 0 Å². The van der Waals surface area contributed by atoms with Crippen LogP contribution in [0.3, 0.4) is 0 Å². The third-order valence-electron chi connectivity index (χ3n) is 3.94. The maximum absolute atomic E-state index is 12.4. The van der Waals surface area contributed by atoms with Crippen LogP contribution < -0.4 is 11.0 Å². The lowest BCUT2D eigenvalue weighted by atomic mass is 10.4. The first-order valence-electron chi connectivity index (χ1n) is 8.31. The highest BCUT2D eigenvalue weighted by atomic mass is 35.5. The molecule has 0 fully saturated rings. The number of amides is 1. The molecule has 150 valence electrons. The summed E-state index contributed by atoms with van der Waals surface area (Å²) in [6.07, 6.45) is 2.12. The van der Waals surface area contributed by atoms with E-state index in [0.29, 0.717) is 22.9 Å². The van der Waals surface area contributed by atoms with Gasteiger partial charge in [-0.2, -0.15) is 4.31 Å². The molecule has 0 aromatic carbocycles. The fourth-order valence-corrected chi connectivity index (χ4v) is 5.32. The lowest BCUT2D eigenvalue weighted by Crippen LogP contribution is -2.38. The summed E-state index contributed by atoms with van der Waals surface area (Å²) >= 11 is 6.71. The van der Waals surface area contributed by atoms with E-state index in [1.54, 1.807) is 24.4 Å². The molecule has 3 heterocycles. The summed E-state index contributed by atoms with van der Waals surface area (Å²) in [4.78, 5) is 24.2. The summed E-state index contributed by atoms with van der Waals surface area (Å²) in [5.41, 5.74) is 0.305. The first kappa shape index (κ1) is 20.5. The van der Waals surface area contributed by atoms with Crippen molar-refractivity contribution in [2.45, 2.75) is 17.2 Å². The molecule has 0 spiro atoms. The molecule has 0 unspecified atom stereocenters. The van der Waals surface area contributed by atoms with Crippen LogP contribution in [0.15, 0.2) is 45.5 Å². The number of rotatable bonds is 8. The van der Waals surface area contributed by atoms with Gasteiger partial charge in [0.1, 0.15) is 4.21 Å². The Labute approximate surface area is 170 Å². The second-order valence-corrected chi connectivity index (χ2v) is 9.94. The molecule has 0 bridgehead atoms. The van der Waals surface area contributed by atoms with Crippen LogP contribution in [0.2, 0.25) is 4.34 Å². The Bertz CT molecular complexity index is 1150. The number of hydrogen-bond donors (Lipinski definition) is 1. The van der Waals surface area contributed by atoms with Gasteiger partial charge in [0.15, 0.2) is 5.65 Å². The van der Waals surface area contributed by atoms with Crippen molar-refractivity contribution in [3.05, 3.63) is 51.3 Å². The topological polar surface area (TPSA) is 106 Å². The van der Waals surface area contributed by atoms with Gasteiger partial charge >= 0.3 is 5.69 Å². The molecule has 0 radical (unpaired) electrons. The number of carbonyl (C=O) groups excluding carboxylic acids is 1. The first-order valence-corrected chi connectivity index (χ1v) is 10.9. The van der Waals surface area contributed by atoms with Gasteiger partial charge in [0.2, 0.25) is 5.91 Å². The average Bonchev–Trinajstić information content (AvgIpc) is 3.23. The smallest absolute Gasteiger partial charge is 0.350 e. The fraction of sp³-hybridized carbons (Fsp3) is 0.312. The number of aromatic nitrogens is 3. The Balaban J connectivity index is 1.49. The minimum atomic E-state index is -3.76. The Morgan fingerprint density at radius 1 is 1.32 bits per heavy atom. The molecule has 0 aliphatic carbocycles. The summed E-state index contributed by atoms with van der Waals surface area (Å²) in [6.45, 7) is 0.312. The summed E-state index contributed by atoms with van der Waals surface area (Å²) in [5, 5.41) is 6.85. The van der Waals surface area contributed by atoms with Crippen molar-refractivity contribution in [2.24, 2.45) is 0 Å². The number of sulfonamides is 1. The van der Waals surface area contributed by atoms with Gasteiger partial charge in [0, 0.05) is 26.3 Å². The number of carbonyl (C=O) groups is 1. The third-order valence-corrected chi connectivity index (χ3v) is 7.44. The first-order chi connectivity index (χ1) is 13.3. The lowest BCUT2D eigenvalue weighted by molar-refractivity contribution is -0.121. The average molecular weight is 444 g/mol. The Hall–Kier alpha value is -2.21. The molecule has 28 heavy (non-hydrogen) atoms. The predicted octanol–water partition coefficient (Wildman–Crippen LogP) is 1.04. The van der Waals surface area contributed by atoms with Crippen molar-refractivity contribution in [1.82, 2.24) is 23.8 Å². The zero-order valence-corrected chi connectivity index (χ0v) is 17.3. The number of thiophene rings is 1. The molecule has 0 aliphatic heterocycles. The van der Waals surface area contributed by atoms with E-state index in [9.17, 15) is 18.0 Å². The molecular formula is C16H18ClN5O4S2. The number of aryl methyl sites for hydroxylation is 1. The van der Waals surface area contributed by atoms with Crippen LogP contribution in [0.4, 0.5) is 0 Å². The zero-order chi connectivity index (χ0) is 20.3. The van der Waals surface area contributed by atoms with Crippen LogP contribution in [0.1, 0.15) is 6.42 Å². The van der Waals surface area contributed by atoms with E-state index in [2.05, 4.69) is 10.4 Å². The molecular weight excluding hydrogens is 426 g/mol. The van der Waals surface area contributed by atoms with Gasteiger partial charge < -0.3 is 5.32 Å². The number of nitrogens with one attached hydrogen (secondary N) is 1. The normalized spacial score (nSPS) is 12.0. The molecule has 0 atom stereocenters. The van der Waals surface area contributed by atoms with Gasteiger partial charge in [-0.05, 0) is 30.7 Å². The summed E-state index contributed by atoms with van der Waals surface area (Å²) < 4.78 is 28.9. The standard InChI is InChI=1S/C16H18ClN5O4S2/c1-20(28(25,26)15-7-6-12(17)27-15)11-14(23)18-8-4-10-22-16(24)21-9-3-2-5-13(21)19-22/h2-3,5-7,9H,4,8,10-11H2,1H3,(H,18,23). The molecule has 3 aromatic rings. The van der Waals surface area contributed by atoms with Crippen LogP contribution in [-0.2, 0) is 21.4 Å². The number of nitrogens with zero attached hydrogens (tertiary/aromatic N) is 4. The van der Waals surface area contributed by atoms with Gasteiger partial charge in [-0.1, -0.05) is 17.7 Å². The summed E-state index contributed by atoms with van der Waals surface area (Å²) in [7, 11) is -2.43. The number of likely N-dealkylation sites (N-methyl/N-ethyl adjacent to an activating group) is 1. The quantitative estimate of drug-likeness (QED) is 0.523. The maximum atomic E-state index is 12.4. The minimum absolute atomic E-state index is 0.0824. The van der Waals surface area contributed by atoms with Crippen molar-refractivity contribution in [3.8, 4) is 0 Å². The van der Waals surface area contributed by atoms with Crippen molar-refractivity contribution in [2.75, 3.05) is 20.1 Å². The van der Waals surface area contributed by atoms with Crippen LogP contribution in [-0.4, -0.2) is 52.9 Å². The molecule has 0 saturated carbocycles. The van der Waals surface area contributed by atoms with Crippen molar-refractivity contribution in [3.63, 3.8) is 0 Å². The molecule has 3 rings (SSSR count). The number of fused-ring (bicyclic) bond motifs is 1. The van der Waals surface area contributed by atoms with E-state index >= 15 is 0 Å². The second-order valence-electron chi connectivity index (χ2n) is 5.96. The molecule has 0 saturated heterocycles. The Morgan fingerprint density at radius 3 is 2.79 bits per heavy atom. The molecule has 3 aromatic heterocycles.